The first-order valence-electron chi connectivity index (χ1n) is 21.5. The Balaban J connectivity index is 0.964. The lowest BCUT2D eigenvalue weighted by molar-refractivity contribution is 0.358. The first-order valence-corrected chi connectivity index (χ1v) is 21.5. The number of para-hydroxylation sites is 2. The van der Waals surface area contributed by atoms with Gasteiger partial charge in [0, 0.05) is 61.8 Å². The number of nitrogens with zero attached hydrogens (tertiary/aromatic N) is 3. The highest BCUT2D eigenvalue weighted by atomic mass is 16.3. The van der Waals surface area contributed by atoms with Gasteiger partial charge in [-0.1, -0.05) is 140 Å². The van der Waals surface area contributed by atoms with Crippen molar-refractivity contribution in [3.8, 4) is 39.4 Å². The van der Waals surface area contributed by atoms with Crippen LogP contribution in [0.4, 0.5) is 17.1 Å². The fourth-order valence-corrected chi connectivity index (χ4v) is 9.79. The molecule has 0 bridgehead atoms. The molecule has 2 heterocycles. The zero-order chi connectivity index (χ0) is 41.1. The van der Waals surface area contributed by atoms with Crippen molar-refractivity contribution in [2.45, 2.75) is 38.6 Å². The van der Waals surface area contributed by atoms with E-state index in [1.54, 1.807) is 0 Å². The van der Waals surface area contributed by atoms with Crippen LogP contribution in [0.3, 0.4) is 0 Å². The van der Waals surface area contributed by atoms with Crippen molar-refractivity contribution in [1.29, 1.82) is 5.26 Å². The molecule has 294 valence electrons. The van der Waals surface area contributed by atoms with E-state index in [4.69, 9.17) is 4.42 Å². The number of rotatable bonds is 7. The second-order valence-electron chi connectivity index (χ2n) is 17.1. The Morgan fingerprint density at radius 1 is 0.623 bits per heavy atom. The highest BCUT2D eigenvalue weighted by molar-refractivity contribution is 6.09. The van der Waals surface area contributed by atoms with Crippen molar-refractivity contribution in [1.82, 2.24) is 4.57 Å². The molecule has 3 unspecified atom stereocenters. The summed E-state index contributed by atoms with van der Waals surface area (Å²) < 4.78 is 9.06. The van der Waals surface area contributed by atoms with E-state index in [-0.39, 0.29) is 11.5 Å². The molecule has 2 aromatic heterocycles. The molecule has 7 aromatic carbocycles. The Kier molecular flexibility index (Phi) is 8.86. The number of hydrogen-bond donors (Lipinski definition) is 0. The minimum Gasteiger partial charge on any atom is -0.460 e. The highest BCUT2D eigenvalue weighted by Gasteiger charge is 2.31. The maximum atomic E-state index is 9.58. The lowest BCUT2D eigenvalue weighted by Crippen LogP contribution is -2.30. The number of allylic oxidation sites excluding steroid dienone is 3. The third-order valence-corrected chi connectivity index (χ3v) is 13.1. The van der Waals surface area contributed by atoms with Crippen molar-refractivity contribution in [2.24, 2.45) is 11.8 Å². The molecule has 0 fully saturated rings. The zero-order valence-corrected chi connectivity index (χ0v) is 34.4. The Bertz CT molecular complexity index is 3200. The number of furan rings is 1. The molecule has 11 rings (SSSR count). The molecular weight excluding hydrogens is 743 g/mol. The molecule has 4 heteroatoms. The van der Waals surface area contributed by atoms with Crippen LogP contribution in [-0.2, 0) is 12.0 Å². The Hall–Kier alpha value is -7.35. The summed E-state index contributed by atoms with van der Waals surface area (Å²) in [5.41, 5.74) is 14.6. The van der Waals surface area contributed by atoms with Crippen LogP contribution in [0.5, 0.6) is 0 Å². The van der Waals surface area contributed by atoms with Gasteiger partial charge < -0.3 is 13.9 Å². The fraction of sp³-hybridized carbons (Fsp3) is 0.140. The molecular formula is C57H45N3O. The lowest BCUT2D eigenvalue weighted by atomic mass is 9.84. The van der Waals surface area contributed by atoms with E-state index < -0.39 is 0 Å². The van der Waals surface area contributed by atoms with Gasteiger partial charge in [-0.3, -0.25) is 0 Å². The largest absolute Gasteiger partial charge is 0.460 e. The predicted octanol–water partition coefficient (Wildman–Crippen LogP) is 15.4. The summed E-state index contributed by atoms with van der Waals surface area (Å²) in [7, 11) is 0. The van der Waals surface area contributed by atoms with E-state index in [0.717, 1.165) is 64.4 Å². The average Bonchev–Trinajstić information content (AvgIpc) is 3.86. The normalized spacial score (nSPS) is 18.4. The molecule has 2 aliphatic rings. The first kappa shape index (κ1) is 36.7. The van der Waals surface area contributed by atoms with Gasteiger partial charge in [0.1, 0.15) is 11.3 Å². The first-order chi connectivity index (χ1) is 29.9. The maximum Gasteiger partial charge on any atom is 0.142 e. The lowest BCUT2D eigenvalue weighted by Gasteiger charge is -2.34. The number of benzene rings is 7. The van der Waals surface area contributed by atoms with Gasteiger partial charge in [-0.25, -0.2) is 0 Å². The molecule has 9 aromatic rings. The fourth-order valence-electron chi connectivity index (χ4n) is 9.79. The monoisotopic (exact) mass is 787 g/mol. The summed E-state index contributed by atoms with van der Waals surface area (Å²) in [5.74, 6) is 1.54. The van der Waals surface area contributed by atoms with Gasteiger partial charge in [0.2, 0.25) is 0 Å². The van der Waals surface area contributed by atoms with Crippen LogP contribution in [0.15, 0.2) is 186 Å². The highest BCUT2D eigenvalue weighted by Crippen LogP contribution is 2.43. The second-order valence-corrected chi connectivity index (χ2v) is 17.1. The number of aromatic nitrogens is 1. The van der Waals surface area contributed by atoms with E-state index in [9.17, 15) is 5.26 Å². The van der Waals surface area contributed by atoms with Crippen molar-refractivity contribution in [3.63, 3.8) is 0 Å². The van der Waals surface area contributed by atoms with E-state index in [0.29, 0.717) is 5.92 Å². The summed E-state index contributed by atoms with van der Waals surface area (Å²) in [6.45, 7) is 4.54. The van der Waals surface area contributed by atoms with Crippen molar-refractivity contribution < 1.29 is 4.42 Å². The van der Waals surface area contributed by atoms with Crippen LogP contribution in [0.25, 0.3) is 72.2 Å². The molecule has 0 amide bonds. The summed E-state index contributed by atoms with van der Waals surface area (Å²) in [6, 6.07) is 61.8. The molecule has 0 spiro atoms. The molecule has 61 heavy (non-hydrogen) atoms. The summed E-state index contributed by atoms with van der Waals surface area (Å²) in [6.07, 6.45) is 11.6. The predicted molar refractivity (Wildman–Crippen MR) is 253 cm³/mol. The minimum absolute atomic E-state index is 0.0187. The SMILES string of the molecule is CC1C=Cc2c(oc3c(-c4ccc(N(c5ccc(-c6ccccc6)cc5)c5ccc(-c6ccc7c(c6)c6ccccc6n7C6(C)C=CC(C#N)CC6)cc5)cc4)cccc23)C1. The van der Waals surface area contributed by atoms with E-state index in [1.807, 2.05) is 0 Å². The zero-order valence-electron chi connectivity index (χ0n) is 34.4. The van der Waals surface area contributed by atoms with Gasteiger partial charge in [0.05, 0.1) is 17.5 Å². The van der Waals surface area contributed by atoms with Crippen LogP contribution in [-0.4, -0.2) is 4.57 Å². The number of anilines is 3. The van der Waals surface area contributed by atoms with E-state index in [2.05, 4.69) is 217 Å². The minimum atomic E-state index is -0.208. The Labute approximate surface area is 356 Å². The van der Waals surface area contributed by atoms with E-state index in [1.165, 1.54) is 49.4 Å². The number of hydrogen-bond acceptors (Lipinski definition) is 3. The molecule has 2 aliphatic carbocycles. The molecule has 3 atom stereocenters. The van der Waals surface area contributed by atoms with Crippen LogP contribution >= 0.6 is 0 Å². The van der Waals surface area contributed by atoms with Crippen LogP contribution < -0.4 is 4.90 Å². The molecule has 0 aliphatic heterocycles. The van der Waals surface area contributed by atoms with E-state index >= 15 is 0 Å². The smallest absolute Gasteiger partial charge is 0.142 e. The molecule has 0 saturated heterocycles. The van der Waals surface area contributed by atoms with Gasteiger partial charge in [0.15, 0.2) is 0 Å². The topological polar surface area (TPSA) is 45.1 Å². The second kappa shape index (κ2) is 14.7. The molecule has 0 N–H and O–H groups in total. The maximum absolute atomic E-state index is 9.58. The molecule has 4 nitrogen and oxygen atoms in total. The Morgan fingerprint density at radius 2 is 1.23 bits per heavy atom. The third kappa shape index (κ3) is 6.37. The standard InChI is InChI=1S/C57H45N3O/c1-38-15-29-50-51-13-8-12-48(56(51)61-55(50)35-38)43-20-27-47(28-21-43)59(45-23-16-41(17-24-45)40-9-4-3-5-10-40)46-25-18-42(19-26-46)44-22-30-54-52(36-44)49-11-6-7-14-53(49)60(54)57(2)33-31-39(37-58)32-34-57/h3-31,33,36,38-39H,32,34-35H2,1-2H3. The van der Waals surface area contributed by atoms with Crippen LogP contribution in [0.1, 0.15) is 38.0 Å². The molecule has 0 saturated carbocycles. The van der Waals surface area contributed by atoms with Gasteiger partial charge in [-0.2, -0.15) is 5.26 Å². The average molecular weight is 788 g/mol. The van der Waals surface area contributed by atoms with Crippen molar-refractivity contribution >= 4 is 55.9 Å². The summed E-state index contributed by atoms with van der Waals surface area (Å²) >= 11 is 0. The van der Waals surface area contributed by atoms with Crippen molar-refractivity contribution in [2.75, 3.05) is 4.90 Å². The Morgan fingerprint density at radius 3 is 1.92 bits per heavy atom. The van der Waals surface area contributed by atoms with Crippen LogP contribution in [0.2, 0.25) is 0 Å². The number of fused-ring (bicyclic) bond motifs is 6. The summed E-state index contributed by atoms with van der Waals surface area (Å²) in [5, 5.41) is 13.2. The number of nitriles is 1. The van der Waals surface area contributed by atoms with Gasteiger partial charge in [-0.15, -0.1) is 0 Å². The van der Waals surface area contributed by atoms with Crippen molar-refractivity contribution in [3.05, 3.63) is 193 Å². The third-order valence-electron chi connectivity index (χ3n) is 13.1. The van der Waals surface area contributed by atoms with Gasteiger partial charge in [-0.05, 0) is 108 Å². The van der Waals surface area contributed by atoms with Gasteiger partial charge >= 0.3 is 0 Å². The molecule has 0 radical (unpaired) electrons. The van der Waals surface area contributed by atoms with Gasteiger partial charge in [0.25, 0.3) is 0 Å². The summed E-state index contributed by atoms with van der Waals surface area (Å²) in [4.78, 5) is 2.34. The quantitative estimate of drug-likeness (QED) is 0.151. The van der Waals surface area contributed by atoms with Crippen LogP contribution in [0, 0.1) is 23.2 Å².